The Kier molecular flexibility index (Phi) is 5.35. The minimum absolute atomic E-state index is 0.140. The first-order valence-corrected chi connectivity index (χ1v) is 7.01. The van der Waals surface area contributed by atoms with Crippen LogP contribution in [0.25, 0.3) is 0 Å². The largest absolute Gasteiger partial charge is 0.493 e. The standard InChI is InChI=1S/C15H21FN2O2/c1-18(13-7-8-17-11-13)15(19)6-3-9-20-14-5-2-4-12(16)10-14/h2,4-5,10,13,17H,3,6-9,11H2,1H3. The van der Waals surface area contributed by atoms with E-state index in [0.717, 1.165) is 19.5 Å². The predicted molar refractivity (Wildman–Crippen MR) is 75.2 cm³/mol. The van der Waals surface area contributed by atoms with Crippen LogP contribution in [-0.4, -0.2) is 43.6 Å². The summed E-state index contributed by atoms with van der Waals surface area (Å²) >= 11 is 0. The average Bonchev–Trinajstić information content (AvgIpc) is 2.96. The maximum absolute atomic E-state index is 12.9. The first kappa shape index (κ1) is 14.8. The lowest BCUT2D eigenvalue weighted by atomic mass is 10.2. The zero-order chi connectivity index (χ0) is 14.4. The molecule has 1 aromatic carbocycles. The number of ether oxygens (including phenoxy) is 1. The number of hydrogen-bond acceptors (Lipinski definition) is 3. The molecule has 1 aromatic rings. The molecule has 1 atom stereocenters. The number of nitrogens with one attached hydrogen (secondary N) is 1. The second-order valence-corrected chi connectivity index (χ2v) is 5.06. The highest BCUT2D eigenvalue weighted by atomic mass is 19.1. The van der Waals surface area contributed by atoms with Gasteiger partial charge in [0.05, 0.1) is 6.61 Å². The number of carbonyl (C=O) groups is 1. The summed E-state index contributed by atoms with van der Waals surface area (Å²) in [6, 6.07) is 6.35. The van der Waals surface area contributed by atoms with Gasteiger partial charge in [-0.15, -0.1) is 0 Å². The van der Waals surface area contributed by atoms with Crippen molar-refractivity contribution in [2.24, 2.45) is 0 Å². The summed E-state index contributed by atoms with van der Waals surface area (Å²) in [5, 5.41) is 3.25. The van der Waals surface area contributed by atoms with Crippen LogP contribution >= 0.6 is 0 Å². The number of nitrogens with zero attached hydrogens (tertiary/aromatic N) is 1. The van der Waals surface area contributed by atoms with Crippen molar-refractivity contribution in [1.82, 2.24) is 10.2 Å². The maximum Gasteiger partial charge on any atom is 0.222 e. The molecular formula is C15H21FN2O2. The molecule has 1 amide bonds. The van der Waals surface area contributed by atoms with Crippen molar-refractivity contribution in [3.05, 3.63) is 30.1 Å². The van der Waals surface area contributed by atoms with Crippen LogP contribution in [-0.2, 0) is 4.79 Å². The number of halogens is 1. The van der Waals surface area contributed by atoms with Gasteiger partial charge in [-0.3, -0.25) is 4.79 Å². The number of likely N-dealkylation sites (N-methyl/N-ethyl adjacent to an activating group) is 1. The lowest BCUT2D eigenvalue weighted by molar-refractivity contribution is -0.131. The molecule has 0 radical (unpaired) electrons. The Balaban J connectivity index is 1.66. The molecule has 20 heavy (non-hydrogen) atoms. The molecule has 0 saturated carbocycles. The smallest absolute Gasteiger partial charge is 0.222 e. The lowest BCUT2D eigenvalue weighted by Crippen LogP contribution is -2.38. The highest BCUT2D eigenvalue weighted by molar-refractivity contribution is 5.76. The first-order chi connectivity index (χ1) is 9.66. The van der Waals surface area contributed by atoms with Crippen LogP contribution in [0.3, 0.4) is 0 Å². The molecule has 5 heteroatoms. The Morgan fingerprint density at radius 1 is 1.55 bits per heavy atom. The van der Waals surface area contributed by atoms with Crippen molar-refractivity contribution in [2.75, 3.05) is 26.7 Å². The molecule has 1 N–H and O–H groups in total. The van der Waals surface area contributed by atoms with E-state index in [0.29, 0.717) is 31.2 Å². The molecule has 110 valence electrons. The Bertz CT molecular complexity index is 447. The van der Waals surface area contributed by atoms with E-state index >= 15 is 0 Å². The number of carbonyl (C=O) groups excluding carboxylic acids is 1. The van der Waals surface area contributed by atoms with Crippen LogP contribution in [0.5, 0.6) is 5.75 Å². The fraction of sp³-hybridized carbons (Fsp3) is 0.533. The van der Waals surface area contributed by atoms with Gasteiger partial charge >= 0.3 is 0 Å². The quantitative estimate of drug-likeness (QED) is 0.808. The molecule has 0 spiro atoms. The van der Waals surface area contributed by atoms with Gasteiger partial charge in [0.2, 0.25) is 5.91 Å². The minimum atomic E-state index is -0.313. The molecule has 0 bridgehead atoms. The van der Waals surface area contributed by atoms with Gasteiger partial charge in [0.25, 0.3) is 0 Å². The predicted octanol–water partition coefficient (Wildman–Crippen LogP) is 1.80. The molecule has 2 rings (SSSR count). The van der Waals surface area contributed by atoms with E-state index in [2.05, 4.69) is 5.32 Å². The highest BCUT2D eigenvalue weighted by Crippen LogP contribution is 2.13. The zero-order valence-electron chi connectivity index (χ0n) is 11.8. The van der Waals surface area contributed by atoms with E-state index in [1.165, 1.54) is 12.1 Å². The average molecular weight is 280 g/mol. The van der Waals surface area contributed by atoms with Crippen molar-refractivity contribution in [3.8, 4) is 5.75 Å². The van der Waals surface area contributed by atoms with Crippen LogP contribution in [0.1, 0.15) is 19.3 Å². The second-order valence-electron chi connectivity index (χ2n) is 5.06. The fourth-order valence-corrected chi connectivity index (χ4v) is 2.32. The fourth-order valence-electron chi connectivity index (χ4n) is 2.32. The number of rotatable bonds is 6. The van der Waals surface area contributed by atoms with Crippen molar-refractivity contribution in [2.45, 2.75) is 25.3 Å². The van der Waals surface area contributed by atoms with Crippen molar-refractivity contribution in [3.63, 3.8) is 0 Å². The summed E-state index contributed by atoms with van der Waals surface area (Å²) in [4.78, 5) is 13.8. The number of benzene rings is 1. The third-order valence-electron chi connectivity index (χ3n) is 3.58. The monoisotopic (exact) mass is 280 g/mol. The van der Waals surface area contributed by atoms with E-state index in [4.69, 9.17) is 4.74 Å². The minimum Gasteiger partial charge on any atom is -0.493 e. The highest BCUT2D eigenvalue weighted by Gasteiger charge is 2.22. The van der Waals surface area contributed by atoms with Gasteiger partial charge in [-0.25, -0.2) is 4.39 Å². The van der Waals surface area contributed by atoms with Gasteiger partial charge in [-0.2, -0.15) is 0 Å². The van der Waals surface area contributed by atoms with Gasteiger partial charge in [-0.05, 0) is 31.5 Å². The third-order valence-corrected chi connectivity index (χ3v) is 3.58. The van der Waals surface area contributed by atoms with Gasteiger partial charge in [0.1, 0.15) is 11.6 Å². The van der Waals surface area contributed by atoms with E-state index in [1.54, 1.807) is 12.1 Å². The summed E-state index contributed by atoms with van der Waals surface area (Å²) in [5.74, 6) is 0.333. The molecule has 0 aliphatic carbocycles. The van der Waals surface area contributed by atoms with Gasteiger partial charge in [0.15, 0.2) is 0 Å². The Labute approximate surface area is 118 Å². The molecule has 1 heterocycles. The van der Waals surface area contributed by atoms with Crippen LogP contribution in [0.2, 0.25) is 0 Å². The van der Waals surface area contributed by atoms with E-state index in [9.17, 15) is 9.18 Å². The molecule has 4 nitrogen and oxygen atoms in total. The molecular weight excluding hydrogens is 259 g/mol. The summed E-state index contributed by atoms with van der Waals surface area (Å²) in [6.07, 6.45) is 2.12. The molecule has 0 aromatic heterocycles. The van der Waals surface area contributed by atoms with Gasteiger partial charge < -0.3 is 15.0 Å². The van der Waals surface area contributed by atoms with Gasteiger partial charge in [0, 0.05) is 32.1 Å². The third kappa shape index (κ3) is 4.20. The van der Waals surface area contributed by atoms with E-state index in [1.807, 2.05) is 11.9 Å². The van der Waals surface area contributed by atoms with Crippen molar-refractivity contribution >= 4 is 5.91 Å². The van der Waals surface area contributed by atoms with Crippen LogP contribution < -0.4 is 10.1 Å². The maximum atomic E-state index is 12.9. The molecule has 1 aliphatic heterocycles. The van der Waals surface area contributed by atoms with Crippen LogP contribution in [0, 0.1) is 5.82 Å². The van der Waals surface area contributed by atoms with Crippen LogP contribution in [0.4, 0.5) is 4.39 Å². The summed E-state index contributed by atoms with van der Waals surface area (Å²) < 4.78 is 18.4. The van der Waals surface area contributed by atoms with E-state index < -0.39 is 0 Å². The Morgan fingerprint density at radius 3 is 3.10 bits per heavy atom. The Hall–Kier alpha value is -1.62. The molecule has 1 unspecified atom stereocenters. The zero-order valence-corrected chi connectivity index (χ0v) is 11.8. The normalized spacial score (nSPS) is 18.0. The topological polar surface area (TPSA) is 41.6 Å². The van der Waals surface area contributed by atoms with Gasteiger partial charge in [-0.1, -0.05) is 6.07 Å². The second kappa shape index (κ2) is 7.24. The summed E-state index contributed by atoms with van der Waals surface area (Å²) in [7, 11) is 1.85. The summed E-state index contributed by atoms with van der Waals surface area (Å²) in [5.41, 5.74) is 0. The number of hydrogen-bond donors (Lipinski definition) is 1. The molecule has 1 fully saturated rings. The Morgan fingerprint density at radius 2 is 2.40 bits per heavy atom. The summed E-state index contributed by atoms with van der Waals surface area (Å²) in [6.45, 7) is 2.28. The molecule has 1 aliphatic rings. The van der Waals surface area contributed by atoms with E-state index in [-0.39, 0.29) is 11.7 Å². The first-order valence-electron chi connectivity index (χ1n) is 7.01. The number of amides is 1. The SMILES string of the molecule is CN(C(=O)CCCOc1cccc(F)c1)C1CCNC1. The molecule has 1 saturated heterocycles. The lowest BCUT2D eigenvalue weighted by Gasteiger charge is -2.23. The van der Waals surface area contributed by atoms with Crippen molar-refractivity contribution < 1.29 is 13.9 Å². The van der Waals surface area contributed by atoms with Crippen molar-refractivity contribution in [1.29, 1.82) is 0 Å². The van der Waals surface area contributed by atoms with Crippen LogP contribution in [0.15, 0.2) is 24.3 Å².